The second-order valence-electron chi connectivity index (χ2n) is 6.56. The molecule has 0 atom stereocenters. The zero-order valence-corrected chi connectivity index (χ0v) is 17.4. The minimum absolute atomic E-state index is 1.09. The maximum absolute atomic E-state index is 3.87. The fourth-order valence-electron chi connectivity index (χ4n) is 2.72. The van der Waals surface area contributed by atoms with E-state index in [4.69, 9.17) is 0 Å². The summed E-state index contributed by atoms with van der Waals surface area (Å²) in [5, 5.41) is 0. The molecule has 2 rings (SSSR count). The molecule has 2 aromatic rings. The molecule has 2 aromatic carbocycles. The standard InChI is InChI=1S/C26H26B3/c1-5-9-11-21(7-3)27-23-13-17-25(18-14-23)29-26-19-15-24(16-20-26)28-22(8-4)12-10-6-2/h5-20H,3-4H2,1-2H3/b9-5-,10-6-,21-11+,22-12+. The van der Waals surface area contributed by atoms with Crippen LogP contribution in [0.15, 0.2) is 121 Å². The smallest absolute Gasteiger partial charge is 0.0996 e. The molecule has 0 heterocycles. The molecular weight excluding hydrogens is 345 g/mol. The molecule has 3 heteroatoms. The van der Waals surface area contributed by atoms with Crippen LogP contribution in [-0.4, -0.2) is 21.8 Å². The third-order valence-corrected chi connectivity index (χ3v) is 4.31. The Morgan fingerprint density at radius 3 is 1.28 bits per heavy atom. The normalized spacial score (nSPS) is 12.2. The van der Waals surface area contributed by atoms with E-state index in [1.807, 2.05) is 50.3 Å². The van der Waals surface area contributed by atoms with Gasteiger partial charge in [0.1, 0.15) is 0 Å². The van der Waals surface area contributed by atoms with Crippen LogP contribution in [0.25, 0.3) is 0 Å². The molecule has 0 spiro atoms. The number of hydrogen-bond acceptors (Lipinski definition) is 0. The highest BCUT2D eigenvalue weighted by atomic mass is 13.9. The molecule has 0 aliphatic carbocycles. The largest absolute Gasteiger partial charge is 0.191 e. The molecule has 139 valence electrons. The van der Waals surface area contributed by atoms with E-state index in [1.165, 1.54) is 10.9 Å². The molecule has 0 N–H and O–H groups in total. The average molecular weight is 371 g/mol. The summed E-state index contributed by atoms with van der Waals surface area (Å²) in [6, 6.07) is 17.1. The van der Waals surface area contributed by atoms with Crippen LogP contribution in [-0.2, 0) is 0 Å². The molecule has 29 heavy (non-hydrogen) atoms. The second kappa shape index (κ2) is 12.5. The molecule has 0 fully saturated rings. The second-order valence-corrected chi connectivity index (χ2v) is 6.56. The van der Waals surface area contributed by atoms with E-state index < -0.39 is 0 Å². The van der Waals surface area contributed by atoms with Crippen molar-refractivity contribution in [3.63, 3.8) is 0 Å². The van der Waals surface area contributed by atoms with E-state index in [9.17, 15) is 0 Å². The van der Waals surface area contributed by atoms with Crippen molar-refractivity contribution in [3.8, 4) is 0 Å². The Hall–Kier alpha value is -2.93. The first-order chi connectivity index (χ1) is 14.2. The van der Waals surface area contributed by atoms with Crippen molar-refractivity contribution in [2.75, 3.05) is 0 Å². The molecule has 0 aliphatic heterocycles. The van der Waals surface area contributed by atoms with Crippen LogP contribution in [0.5, 0.6) is 0 Å². The molecule has 0 bridgehead atoms. The van der Waals surface area contributed by atoms with Crippen molar-refractivity contribution in [3.05, 3.63) is 121 Å². The minimum atomic E-state index is 1.09. The molecule has 0 amide bonds. The van der Waals surface area contributed by atoms with E-state index in [0.717, 1.165) is 21.9 Å². The van der Waals surface area contributed by atoms with Gasteiger partial charge in [0, 0.05) is 0 Å². The van der Waals surface area contributed by atoms with Crippen molar-refractivity contribution in [2.45, 2.75) is 13.8 Å². The maximum atomic E-state index is 3.87. The van der Waals surface area contributed by atoms with Gasteiger partial charge in [0.05, 0.1) is 0 Å². The van der Waals surface area contributed by atoms with Crippen molar-refractivity contribution in [1.82, 2.24) is 0 Å². The highest BCUT2D eigenvalue weighted by Crippen LogP contribution is 1.96. The van der Waals surface area contributed by atoms with Gasteiger partial charge in [0.25, 0.3) is 0 Å². The van der Waals surface area contributed by atoms with Crippen LogP contribution in [0, 0.1) is 0 Å². The SMILES string of the molecule is C=C/C([B]c1ccc([B]c2ccc([B]/C(C=C)=C/C=C\C)cc2)cc1)=C\C=C/C. The summed E-state index contributed by atoms with van der Waals surface area (Å²) < 4.78 is 0. The summed E-state index contributed by atoms with van der Waals surface area (Å²) in [6.07, 6.45) is 15.9. The van der Waals surface area contributed by atoms with Gasteiger partial charge in [-0.3, -0.25) is 0 Å². The van der Waals surface area contributed by atoms with Gasteiger partial charge < -0.3 is 0 Å². The van der Waals surface area contributed by atoms with Gasteiger partial charge >= 0.3 is 0 Å². The predicted octanol–water partition coefficient (Wildman–Crippen LogP) is 3.29. The van der Waals surface area contributed by atoms with Crippen LogP contribution in [0.3, 0.4) is 0 Å². The fraction of sp³-hybridized carbons (Fsp3) is 0.0769. The van der Waals surface area contributed by atoms with Crippen LogP contribution < -0.4 is 21.9 Å². The van der Waals surface area contributed by atoms with Gasteiger partial charge in [-0.25, -0.2) is 0 Å². The van der Waals surface area contributed by atoms with Gasteiger partial charge in [-0.15, -0.1) is 0 Å². The lowest BCUT2D eigenvalue weighted by Crippen LogP contribution is -2.30. The summed E-state index contributed by atoms with van der Waals surface area (Å²) in [4.78, 5) is 0. The Morgan fingerprint density at radius 2 is 0.966 bits per heavy atom. The van der Waals surface area contributed by atoms with Crippen molar-refractivity contribution >= 4 is 43.7 Å². The van der Waals surface area contributed by atoms with E-state index in [0.29, 0.717) is 0 Å². The third-order valence-electron chi connectivity index (χ3n) is 4.31. The van der Waals surface area contributed by atoms with Crippen LogP contribution in [0.2, 0.25) is 0 Å². The van der Waals surface area contributed by atoms with E-state index in [1.54, 1.807) is 0 Å². The lowest BCUT2D eigenvalue weighted by molar-refractivity contribution is 1.72. The number of hydrogen-bond donors (Lipinski definition) is 0. The Balaban J connectivity index is 1.99. The number of benzene rings is 2. The molecule has 0 unspecified atom stereocenters. The van der Waals surface area contributed by atoms with Gasteiger partial charge in [-0.1, -0.05) is 143 Å². The van der Waals surface area contributed by atoms with Crippen LogP contribution in [0.1, 0.15) is 13.8 Å². The molecule has 3 radical (unpaired) electrons. The average Bonchev–Trinajstić information content (AvgIpc) is 2.76. The lowest BCUT2D eigenvalue weighted by Gasteiger charge is -2.06. The van der Waals surface area contributed by atoms with Crippen molar-refractivity contribution < 1.29 is 0 Å². The van der Waals surface area contributed by atoms with Crippen LogP contribution >= 0.6 is 0 Å². The Bertz CT molecular complexity index is 834. The summed E-state index contributed by atoms with van der Waals surface area (Å²) in [5.74, 6) is 0. The van der Waals surface area contributed by atoms with Gasteiger partial charge in [-0.05, 0) is 13.8 Å². The van der Waals surface area contributed by atoms with Crippen molar-refractivity contribution in [1.29, 1.82) is 0 Å². The first-order valence-electron chi connectivity index (χ1n) is 9.83. The molecular formula is C26H26B3. The highest BCUT2D eigenvalue weighted by molar-refractivity contribution is 6.68. The van der Waals surface area contributed by atoms with E-state index in [2.05, 4.69) is 95.7 Å². The Labute approximate surface area is 178 Å². The van der Waals surface area contributed by atoms with Gasteiger partial charge in [-0.2, -0.15) is 0 Å². The molecule has 0 nitrogen and oxygen atoms in total. The first kappa shape index (κ1) is 22.4. The zero-order chi connectivity index (χ0) is 20.9. The third kappa shape index (κ3) is 7.91. The van der Waals surface area contributed by atoms with E-state index >= 15 is 0 Å². The number of rotatable bonds is 10. The zero-order valence-electron chi connectivity index (χ0n) is 17.4. The molecule has 0 saturated heterocycles. The molecule has 0 aliphatic rings. The van der Waals surface area contributed by atoms with Crippen LogP contribution in [0.4, 0.5) is 0 Å². The summed E-state index contributed by atoms with van der Waals surface area (Å²) in [6.45, 7) is 11.8. The Morgan fingerprint density at radius 1 is 0.621 bits per heavy atom. The highest BCUT2D eigenvalue weighted by Gasteiger charge is 2.03. The van der Waals surface area contributed by atoms with Gasteiger partial charge in [0.2, 0.25) is 0 Å². The number of allylic oxidation sites excluding steroid dienone is 10. The fourth-order valence-corrected chi connectivity index (χ4v) is 2.72. The lowest BCUT2D eigenvalue weighted by atomic mass is 9.59. The Kier molecular flexibility index (Phi) is 9.65. The predicted molar refractivity (Wildman–Crippen MR) is 135 cm³/mol. The quantitative estimate of drug-likeness (QED) is 0.444. The topological polar surface area (TPSA) is 0 Å². The van der Waals surface area contributed by atoms with E-state index in [-0.39, 0.29) is 0 Å². The summed E-state index contributed by atoms with van der Waals surface area (Å²) in [5.41, 5.74) is 6.86. The maximum Gasteiger partial charge on any atom is 0.191 e. The summed E-state index contributed by atoms with van der Waals surface area (Å²) in [7, 11) is 6.43. The first-order valence-corrected chi connectivity index (χ1v) is 9.83. The molecule has 0 aromatic heterocycles. The molecule has 0 saturated carbocycles. The summed E-state index contributed by atoms with van der Waals surface area (Å²) >= 11 is 0. The minimum Gasteiger partial charge on any atom is -0.0996 e. The monoisotopic (exact) mass is 371 g/mol. The van der Waals surface area contributed by atoms with Gasteiger partial charge in [0.15, 0.2) is 21.8 Å². The van der Waals surface area contributed by atoms with Crippen molar-refractivity contribution in [2.24, 2.45) is 0 Å².